The van der Waals surface area contributed by atoms with E-state index < -0.39 is 47.4 Å². The summed E-state index contributed by atoms with van der Waals surface area (Å²) in [5, 5.41) is 2.62. The lowest BCUT2D eigenvalue weighted by Gasteiger charge is -2.28. The van der Waals surface area contributed by atoms with E-state index in [-0.39, 0.29) is 28.4 Å². The number of fused-ring (bicyclic) bond motifs is 1. The highest BCUT2D eigenvalue weighted by atomic mass is 19.2. The van der Waals surface area contributed by atoms with Crippen LogP contribution in [0.15, 0.2) is 17.1 Å². The van der Waals surface area contributed by atoms with Crippen molar-refractivity contribution >= 4 is 36.1 Å². The number of anilines is 1. The maximum Gasteiger partial charge on any atom is 0.798 e. The molecule has 0 spiro atoms. The topological polar surface area (TPSA) is 99.1 Å². The summed E-state index contributed by atoms with van der Waals surface area (Å²) in [6.07, 6.45) is 2.75. The lowest BCUT2D eigenvalue weighted by Crippen LogP contribution is -2.40. The van der Waals surface area contributed by atoms with Gasteiger partial charge in [0.2, 0.25) is 5.43 Å². The quantitative estimate of drug-likeness (QED) is 0.526. The predicted octanol–water partition coefficient (Wildman–Crippen LogP) is 4.31. The smallest absolute Gasteiger partial charge is 0.492 e. The zero-order valence-electron chi connectivity index (χ0n) is 22.0. The molecule has 1 amide bonds. The van der Waals surface area contributed by atoms with Gasteiger partial charge in [-0.1, -0.05) is 6.92 Å². The Morgan fingerprint density at radius 2 is 1.95 bits per heavy atom. The number of carbonyl (C=O) groups excluding carboxylic acids is 2. The fraction of sp³-hybridized carbons (Fsp3) is 0.560. The molecular formula is C25H31BF3N3O6. The monoisotopic (exact) mass is 537 g/mol. The van der Waals surface area contributed by atoms with Gasteiger partial charge in [-0.25, -0.2) is 22.6 Å². The number of nitrogens with zero attached hydrogens (tertiary/aromatic N) is 2. The molecule has 1 N–H and O–H groups in total. The van der Waals surface area contributed by atoms with E-state index >= 15 is 4.39 Å². The first kappa shape index (κ1) is 27.7. The van der Waals surface area contributed by atoms with Gasteiger partial charge in [-0.3, -0.25) is 4.79 Å². The van der Waals surface area contributed by atoms with E-state index in [0.29, 0.717) is 26.1 Å². The van der Waals surface area contributed by atoms with Gasteiger partial charge >= 0.3 is 19.5 Å². The third-order valence-electron chi connectivity index (χ3n) is 6.69. The first-order chi connectivity index (χ1) is 17.7. The van der Waals surface area contributed by atoms with E-state index in [4.69, 9.17) is 9.47 Å². The van der Waals surface area contributed by atoms with Crippen LogP contribution in [-0.2, 0) is 9.39 Å². The van der Waals surface area contributed by atoms with Gasteiger partial charge in [0.15, 0.2) is 11.6 Å². The molecule has 1 aliphatic heterocycles. The van der Waals surface area contributed by atoms with Crippen LogP contribution in [0.3, 0.4) is 0 Å². The first-order valence-corrected chi connectivity index (χ1v) is 12.4. The van der Waals surface area contributed by atoms with E-state index in [1.807, 2.05) is 6.92 Å². The number of hydrogen-bond acceptors (Lipinski definition) is 7. The molecule has 1 saturated carbocycles. The van der Waals surface area contributed by atoms with Crippen molar-refractivity contribution in [2.45, 2.75) is 58.6 Å². The number of ether oxygens (including phenoxy) is 2. The zero-order valence-corrected chi connectivity index (χ0v) is 22.0. The predicted molar refractivity (Wildman–Crippen MR) is 136 cm³/mol. The summed E-state index contributed by atoms with van der Waals surface area (Å²) in [5.41, 5.74) is -2.12. The number of carbonyl (C=O) groups is 2. The molecule has 2 aliphatic rings. The Kier molecular flexibility index (Phi) is 7.33. The largest absolute Gasteiger partial charge is 0.798 e. The van der Waals surface area contributed by atoms with E-state index in [0.717, 1.165) is 18.9 Å². The maximum atomic E-state index is 15.6. The Morgan fingerprint density at radius 3 is 2.53 bits per heavy atom. The standard InChI is InChI=1S/C25H31BF3N3O6/c1-24(2,3)37-23(35)30-12-25(4)8-9-31(13-25)19-17(27)10-15-18(21(19)36-5)32(14-6-7-14)11-16(20(15)33)22(34)38-26(28)29/h10-11,14H,6-9,12-13H2,1-5H3,(H,30,35). The summed E-state index contributed by atoms with van der Waals surface area (Å²) >= 11 is 0. The molecule has 1 atom stereocenters. The van der Waals surface area contributed by atoms with Crippen LogP contribution >= 0.6 is 0 Å². The maximum absolute atomic E-state index is 15.6. The SMILES string of the molecule is COc1c(N2CCC(C)(CNC(=O)OC(C)(C)C)C2)c(F)cc2c(=O)c(C(=O)OB(F)F)cn(C3CC3)c12. The van der Waals surface area contributed by atoms with Gasteiger partial charge in [0.1, 0.15) is 16.9 Å². The number of nitrogens with one attached hydrogen (secondary N) is 1. The van der Waals surface area contributed by atoms with Crippen LogP contribution in [0.4, 0.5) is 23.5 Å². The lowest BCUT2D eigenvalue weighted by molar-refractivity contribution is 0.0506. The van der Waals surface area contributed by atoms with Crippen molar-refractivity contribution in [2.75, 3.05) is 31.6 Å². The Hall–Kier alpha value is -3.38. The minimum Gasteiger partial charge on any atom is -0.492 e. The minimum absolute atomic E-state index is 0.106. The highest BCUT2D eigenvalue weighted by molar-refractivity contribution is 6.38. The number of pyridine rings is 1. The number of aromatic nitrogens is 1. The van der Waals surface area contributed by atoms with Gasteiger partial charge < -0.3 is 28.9 Å². The van der Waals surface area contributed by atoms with Crippen molar-refractivity contribution in [3.63, 3.8) is 0 Å². The second-order valence-corrected chi connectivity index (χ2v) is 11.2. The molecule has 0 radical (unpaired) electrons. The number of methoxy groups -OCH3 is 1. The number of rotatable bonds is 7. The molecule has 38 heavy (non-hydrogen) atoms. The van der Waals surface area contributed by atoms with Crippen molar-refractivity contribution in [3.8, 4) is 5.75 Å². The number of benzene rings is 1. The molecule has 2 heterocycles. The average molecular weight is 537 g/mol. The molecule has 1 aliphatic carbocycles. The fourth-order valence-electron chi connectivity index (χ4n) is 4.82. The van der Waals surface area contributed by atoms with Crippen LogP contribution in [-0.4, -0.2) is 56.4 Å². The fourth-order valence-corrected chi connectivity index (χ4v) is 4.82. The molecule has 4 rings (SSSR count). The molecule has 2 aromatic rings. The van der Waals surface area contributed by atoms with Crippen LogP contribution in [0.5, 0.6) is 5.75 Å². The van der Waals surface area contributed by atoms with Crippen LogP contribution in [0.25, 0.3) is 10.9 Å². The highest BCUT2D eigenvalue weighted by Gasteiger charge is 2.38. The molecule has 13 heteroatoms. The lowest BCUT2D eigenvalue weighted by atomic mass is 9.90. The molecule has 0 bridgehead atoms. The van der Waals surface area contributed by atoms with Crippen molar-refractivity contribution in [2.24, 2.45) is 5.41 Å². The van der Waals surface area contributed by atoms with Gasteiger partial charge in [-0.2, -0.15) is 0 Å². The van der Waals surface area contributed by atoms with Crippen molar-refractivity contribution < 1.29 is 36.7 Å². The molecule has 9 nitrogen and oxygen atoms in total. The molecule has 2 fully saturated rings. The minimum atomic E-state index is -3.39. The summed E-state index contributed by atoms with van der Waals surface area (Å²) in [6.45, 7) is 8.42. The van der Waals surface area contributed by atoms with Crippen molar-refractivity contribution in [3.05, 3.63) is 33.9 Å². The average Bonchev–Trinajstić information content (AvgIpc) is 3.58. The highest BCUT2D eigenvalue weighted by Crippen LogP contribution is 2.45. The second-order valence-electron chi connectivity index (χ2n) is 11.2. The van der Waals surface area contributed by atoms with Crippen molar-refractivity contribution in [1.82, 2.24) is 9.88 Å². The van der Waals surface area contributed by atoms with E-state index in [1.54, 1.807) is 30.2 Å². The summed E-state index contributed by atoms with van der Waals surface area (Å²) in [7, 11) is -2.03. The number of hydrogen-bond donors (Lipinski definition) is 1. The molecule has 206 valence electrons. The van der Waals surface area contributed by atoms with Gasteiger partial charge in [-0.05, 0) is 46.1 Å². The molecular weight excluding hydrogens is 506 g/mol. The summed E-state index contributed by atoms with van der Waals surface area (Å²) < 4.78 is 57.5. The third kappa shape index (κ3) is 5.71. The molecule has 1 saturated heterocycles. The first-order valence-electron chi connectivity index (χ1n) is 12.4. The zero-order chi connectivity index (χ0) is 28.0. The van der Waals surface area contributed by atoms with Crippen LogP contribution in [0.1, 0.15) is 63.4 Å². The van der Waals surface area contributed by atoms with Crippen LogP contribution in [0, 0.1) is 11.2 Å². The van der Waals surface area contributed by atoms with E-state index in [2.05, 4.69) is 9.97 Å². The normalized spacial score (nSPS) is 19.4. The summed E-state index contributed by atoms with van der Waals surface area (Å²) in [6, 6.07) is 0.910. The Balaban J connectivity index is 1.71. The van der Waals surface area contributed by atoms with Crippen molar-refractivity contribution in [1.29, 1.82) is 0 Å². The molecule has 1 aromatic heterocycles. The third-order valence-corrected chi connectivity index (χ3v) is 6.69. The van der Waals surface area contributed by atoms with E-state index in [9.17, 15) is 23.0 Å². The van der Waals surface area contributed by atoms with Crippen LogP contribution in [0.2, 0.25) is 0 Å². The summed E-state index contributed by atoms with van der Waals surface area (Å²) in [4.78, 5) is 39.3. The Bertz CT molecular complexity index is 1320. The number of amides is 1. The van der Waals surface area contributed by atoms with Gasteiger partial charge in [-0.15, -0.1) is 0 Å². The van der Waals surface area contributed by atoms with Gasteiger partial charge in [0.05, 0.1) is 18.0 Å². The Labute approximate surface area is 218 Å². The molecule has 1 unspecified atom stereocenters. The van der Waals surface area contributed by atoms with E-state index in [1.165, 1.54) is 13.3 Å². The molecule has 1 aromatic carbocycles. The number of alkyl carbamates (subject to hydrolysis) is 1. The van der Waals surface area contributed by atoms with Crippen LogP contribution < -0.4 is 20.4 Å². The van der Waals surface area contributed by atoms with Gasteiger partial charge in [0.25, 0.3) is 0 Å². The van der Waals surface area contributed by atoms with Gasteiger partial charge in [0, 0.05) is 37.3 Å². The second kappa shape index (κ2) is 10.1. The summed E-state index contributed by atoms with van der Waals surface area (Å²) in [5.74, 6) is -2.11. The Morgan fingerprint density at radius 1 is 1.26 bits per heavy atom. The number of halogens is 3.